The van der Waals surface area contributed by atoms with Crippen LogP contribution in [0.3, 0.4) is 0 Å². The highest BCUT2D eigenvalue weighted by Gasteiger charge is 2.33. The molecule has 2 heterocycles. The number of nitrogens with two attached hydrogens (primary N) is 1. The van der Waals surface area contributed by atoms with Gasteiger partial charge in [0.25, 0.3) is 0 Å². The Labute approximate surface area is 193 Å². The average molecular weight is 496 g/mol. The minimum Gasteiger partial charge on any atom is -0.363 e. The van der Waals surface area contributed by atoms with Crippen LogP contribution in [0.2, 0.25) is 0 Å². The fourth-order valence-corrected chi connectivity index (χ4v) is 4.44. The number of alkyl halides is 3. The molecule has 0 aliphatic carbocycles. The van der Waals surface area contributed by atoms with Gasteiger partial charge in [0.15, 0.2) is 11.6 Å². The lowest BCUT2D eigenvalue weighted by Gasteiger charge is -2.27. The molecule has 0 radical (unpaired) electrons. The number of rotatable bonds is 6. The lowest BCUT2D eigenvalue weighted by molar-refractivity contribution is -0.137. The van der Waals surface area contributed by atoms with E-state index in [4.69, 9.17) is 5.14 Å². The number of hydrogen-bond acceptors (Lipinski definition) is 6. The molecule has 180 valence electrons. The Balaban J connectivity index is 1.51. The van der Waals surface area contributed by atoms with E-state index >= 15 is 4.39 Å². The summed E-state index contributed by atoms with van der Waals surface area (Å²) >= 11 is 0. The third-order valence-corrected chi connectivity index (χ3v) is 6.56. The highest BCUT2D eigenvalue weighted by atomic mass is 32.2. The SMILES string of the molecule is NS(=O)(=O)c1ccc(CNc2ncnc(N3CCC[C@@H]3c3ccc(C(F)(F)F)cc3)c2F)cc1. The predicted octanol–water partition coefficient (Wildman–Crippen LogP) is 4.24. The predicted molar refractivity (Wildman–Crippen MR) is 118 cm³/mol. The van der Waals surface area contributed by atoms with Crippen LogP contribution in [0.4, 0.5) is 29.2 Å². The van der Waals surface area contributed by atoms with E-state index in [0.717, 1.165) is 18.6 Å². The van der Waals surface area contributed by atoms with Gasteiger partial charge in [0, 0.05) is 13.1 Å². The zero-order valence-electron chi connectivity index (χ0n) is 17.8. The molecule has 2 aromatic carbocycles. The zero-order valence-corrected chi connectivity index (χ0v) is 18.6. The van der Waals surface area contributed by atoms with Crippen molar-refractivity contribution in [3.63, 3.8) is 0 Å². The van der Waals surface area contributed by atoms with Gasteiger partial charge in [-0.15, -0.1) is 0 Å². The van der Waals surface area contributed by atoms with Crippen LogP contribution < -0.4 is 15.4 Å². The standard InChI is InChI=1S/C22H21F4N5O2S/c23-19-20(28-12-14-3-9-17(10-4-14)34(27,32)33)29-13-30-21(19)31-11-1-2-18(31)15-5-7-16(8-6-15)22(24,25)26/h3-10,13,18H,1-2,11-12H2,(H2,27,32,33)(H,28,29,30)/t18-/m1/s1. The van der Waals surface area contributed by atoms with Crippen molar-refractivity contribution in [1.29, 1.82) is 0 Å². The van der Waals surface area contributed by atoms with Crippen molar-refractivity contribution in [2.75, 3.05) is 16.8 Å². The summed E-state index contributed by atoms with van der Waals surface area (Å²) in [6.07, 6.45) is -1.83. The number of anilines is 2. The Hall–Kier alpha value is -3.25. The molecule has 1 fully saturated rings. The summed E-state index contributed by atoms with van der Waals surface area (Å²) in [7, 11) is -3.81. The van der Waals surface area contributed by atoms with Crippen molar-refractivity contribution in [2.24, 2.45) is 5.14 Å². The van der Waals surface area contributed by atoms with Crippen molar-refractivity contribution in [1.82, 2.24) is 9.97 Å². The van der Waals surface area contributed by atoms with Gasteiger partial charge in [0.05, 0.1) is 16.5 Å². The number of hydrogen-bond donors (Lipinski definition) is 2. The molecule has 1 aliphatic rings. The van der Waals surface area contributed by atoms with Crippen molar-refractivity contribution >= 4 is 21.7 Å². The Morgan fingerprint density at radius 1 is 1.06 bits per heavy atom. The van der Waals surface area contributed by atoms with Crippen LogP contribution in [0.5, 0.6) is 0 Å². The Morgan fingerprint density at radius 2 is 1.74 bits per heavy atom. The molecule has 1 saturated heterocycles. The molecule has 0 unspecified atom stereocenters. The van der Waals surface area contributed by atoms with E-state index in [2.05, 4.69) is 15.3 Å². The quantitative estimate of drug-likeness (QED) is 0.497. The van der Waals surface area contributed by atoms with Crippen molar-refractivity contribution in [3.05, 3.63) is 77.4 Å². The molecule has 12 heteroatoms. The van der Waals surface area contributed by atoms with E-state index in [1.807, 2.05) is 0 Å². The van der Waals surface area contributed by atoms with Gasteiger partial charge in [-0.1, -0.05) is 24.3 Å². The number of primary sulfonamides is 1. The summed E-state index contributed by atoms with van der Waals surface area (Å²) in [6.45, 7) is 0.661. The van der Waals surface area contributed by atoms with Crippen LogP contribution in [-0.4, -0.2) is 24.9 Å². The van der Waals surface area contributed by atoms with Gasteiger partial charge in [0.2, 0.25) is 15.8 Å². The van der Waals surface area contributed by atoms with E-state index in [1.165, 1.54) is 30.6 Å². The molecule has 3 aromatic rings. The normalized spacial score (nSPS) is 16.6. The van der Waals surface area contributed by atoms with Gasteiger partial charge >= 0.3 is 6.18 Å². The monoisotopic (exact) mass is 495 g/mol. The first-order valence-electron chi connectivity index (χ1n) is 10.3. The Kier molecular flexibility index (Phi) is 6.45. The van der Waals surface area contributed by atoms with Crippen LogP contribution in [0.15, 0.2) is 59.8 Å². The van der Waals surface area contributed by atoms with Crippen molar-refractivity contribution < 1.29 is 26.0 Å². The number of nitrogens with one attached hydrogen (secondary N) is 1. The first-order valence-corrected chi connectivity index (χ1v) is 11.9. The van der Waals surface area contributed by atoms with Crippen LogP contribution in [0.25, 0.3) is 0 Å². The van der Waals surface area contributed by atoms with Crippen molar-refractivity contribution in [2.45, 2.75) is 36.5 Å². The van der Waals surface area contributed by atoms with E-state index in [-0.39, 0.29) is 29.1 Å². The third kappa shape index (κ3) is 5.12. The fourth-order valence-electron chi connectivity index (χ4n) is 3.93. The molecule has 0 spiro atoms. The molecule has 1 aromatic heterocycles. The molecule has 1 aliphatic heterocycles. The minimum absolute atomic E-state index is 0.0323. The third-order valence-electron chi connectivity index (χ3n) is 5.63. The maximum absolute atomic E-state index is 15.3. The van der Waals surface area contributed by atoms with E-state index in [1.54, 1.807) is 17.0 Å². The van der Waals surface area contributed by atoms with Gasteiger partial charge < -0.3 is 10.2 Å². The van der Waals surface area contributed by atoms with Gasteiger partial charge in [0.1, 0.15) is 6.33 Å². The van der Waals surface area contributed by atoms with Gasteiger partial charge in [-0.3, -0.25) is 0 Å². The molecular formula is C22H21F4N5O2S. The summed E-state index contributed by atoms with van der Waals surface area (Å²) < 4.78 is 76.7. The molecule has 7 nitrogen and oxygen atoms in total. The molecule has 34 heavy (non-hydrogen) atoms. The smallest absolute Gasteiger partial charge is 0.363 e. The van der Waals surface area contributed by atoms with Gasteiger partial charge in [-0.05, 0) is 48.2 Å². The van der Waals surface area contributed by atoms with Crippen LogP contribution in [0, 0.1) is 5.82 Å². The maximum Gasteiger partial charge on any atom is 0.416 e. The van der Waals surface area contributed by atoms with Gasteiger partial charge in [-0.25, -0.2) is 23.5 Å². The Bertz CT molecular complexity index is 1270. The zero-order chi connectivity index (χ0) is 24.5. The first kappa shape index (κ1) is 23.9. The highest BCUT2D eigenvalue weighted by Crippen LogP contribution is 2.38. The summed E-state index contributed by atoms with van der Waals surface area (Å²) in [4.78, 5) is 9.74. The average Bonchev–Trinajstić information content (AvgIpc) is 3.27. The van der Waals surface area contributed by atoms with E-state index in [9.17, 15) is 21.6 Å². The molecule has 0 amide bonds. The highest BCUT2D eigenvalue weighted by molar-refractivity contribution is 7.89. The topological polar surface area (TPSA) is 101 Å². The molecule has 1 atom stereocenters. The van der Waals surface area contributed by atoms with Crippen LogP contribution in [0.1, 0.15) is 35.6 Å². The first-order chi connectivity index (χ1) is 16.0. The largest absolute Gasteiger partial charge is 0.416 e. The van der Waals surface area contributed by atoms with Gasteiger partial charge in [-0.2, -0.15) is 17.6 Å². The van der Waals surface area contributed by atoms with Crippen molar-refractivity contribution in [3.8, 4) is 0 Å². The number of benzene rings is 2. The molecular weight excluding hydrogens is 474 g/mol. The lowest BCUT2D eigenvalue weighted by Crippen LogP contribution is -2.25. The van der Waals surface area contributed by atoms with E-state index < -0.39 is 27.6 Å². The molecule has 4 rings (SSSR count). The second-order valence-corrected chi connectivity index (χ2v) is 9.43. The molecule has 3 N–H and O–H groups in total. The second-order valence-electron chi connectivity index (χ2n) is 7.87. The Morgan fingerprint density at radius 3 is 2.35 bits per heavy atom. The second kappa shape index (κ2) is 9.18. The maximum atomic E-state index is 15.3. The van der Waals surface area contributed by atoms with E-state index in [0.29, 0.717) is 24.1 Å². The molecule has 0 bridgehead atoms. The number of halogens is 4. The summed E-state index contributed by atoms with van der Waals surface area (Å²) in [6, 6.07) is 10.4. The molecule has 0 saturated carbocycles. The fraction of sp³-hybridized carbons (Fsp3) is 0.273. The summed E-state index contributed by atoms with van der Waals surface area (Å²) in [5.74, 6) is -0.662. The minimum atomic E-state index is -4.42. The summed E-state index contributed by atoms with van der Waals surface area (Å²) in [5.41, 5.74) is 0.585. The lowest BCUT2D eigenvalue weighted by atomic mass is 10.0. The van der Waals surface area contributed by atoms with Crippen LogP contribution >= 0.6 is 0 Å². The summed E-state index contributed by atoms with van der Waals surface area (Å²) in [5, 5.41) is 7.95. The number of aromatic nitrogens is 2. The van der Waals surface area contributed by atoms with Crippen LogP contribution in [-0.2, 0) is 22.7 Å². The number of sulfonamides is 1. The number of nitrogens with zero attached hydrogens (tertiary/aromatic N) is 3.